The van der Waals surface area contributed by atoms with Crippen molar-refractivity contribution in [3.8, 4) is 11.4 Å². The third-order valence-corrected chi connectivity index (χ3v) is 4.50. The molecular weight excluding hydrogens is 319 g/mol. The molecule has 0 spiro atoms. The van der Waals surface area contributed by atoms with Gasteiger partial charge in [0.25, 0.3) is 0 Å². The van der Waals surface area contributed by atoms with E-state index in [1.54, 1.807) is 16.9 Å². The molecule has 6 nitrogen and oxygen atoms in total. The average molecular weight is 340 g/mol. The maximum absolute atomic E-state index is 13.3. The van der Waals surface area contributed by atoms with Crippen molar-refractivity contribution in [2.45, 2.75) is 20.0 Å². The molecule has 3 heterocycles. The van der Waals surface area contributed by atoms with E-state index in [0.29, 0.717) is 6.54 Å². The topological polar surface area (TPSA) is 53.0 Å². The van der Waals surface area contributed by atoms with Crippen LogP contribution in [-0.2, 0) is 13.1 Å². The van der Waals surface area contributed by atoms with E-state index in [9.17, 15) is 4.39 Å². The second-order valence-corrected chi connectivity index (χ2v) is 6.43. The van der Waals surface area contributed by atoms with Crippen molar-refractivity contribution in [2.24, 2.45) is 0 Å². The van der Waals surface area contributed by atoms with Crippen LogP contribution in [0.15, 0.2) is 36.7 Å². The molecule has 2 aromatic heterocycles. The number of nitrogens with one attached hydrogen (secondary N) is 1. The summed E-state index contributed by atoms with van der Waals surface area (Å²) in [7, 11) is 2.05. The zero-order valence-corrected chi connectivity index (χ0v) is 14.4. The summed E-state index contributed by atoms with van der Waals surface area (Å²) in [5.74, 6) is 1.59. The molecule has 25 heavy (non-hydrogen) atoms. The Morgan fingerprint density at radius 1 is 1.32 bits per heavy atom. The summed E-state index contributed by atoms with van der Waals surface area (Å²) < 4.78 is 15.1. The Morgan fingerprint density at radius 2 is 2.20 bits per heavy atom. The van der Waals surface area contributed by atoms with Crippen LogP contribution in [0.25, 0.3) is 11.4 Å². The van der Waals surface area contributed by atoms with Gasteiger partial charge in [0, 0.05) is 19.8 Å². The average Bonchev–Trinajstić information content (AvgIpc) is 3.21. The summed E-state index contributed by atoms with van der Waals surface area (Å²) in [5.41, 5.74) is 2.94. The lowest BCUT2D eigenvalue weighted by atomic mass is 10.2. The summed E-state index contributed by atoms with van der Waals surface area (Å²) in [6.45, 7) is 5.45. The smallest absolute Gasteiger partial charge is 0.152 e. The molecule has 1 aliphatic rings. The Morgan fingerprint density at radius 3 is 3.00 bits per heavy atom. The van der Waals surface area contributed by atoms with E-state index in [2.05, 4.69) is 33.9 Å². The summed E-state index contributed by atoms with van der Waals surface area (Å²) in [6.07, 6.45) is 3.73. The van der Waals surface area contributed by atoms with Gasteiger partial charge in [-0.05, 0) is 24.2 Å². The molecule has 1 aromatic carbocycles. The molecule has 0 amide bonds. The number of imidazole rings is 1. The second-order valence-electron chi connectivity index (χ2n) is 6.43. The minimum Gasteiger partial charge on any atom is -0.345 e. The van der Waals surface area contributed by atoms with Gasteiger partial charge in [-0.1, -0.05) is 19.1 Å². The van der Waals surface area contributed by atoms with Gasteiger partial charge in [0.1, 0.15) is 11.6 Å². The Balaban J connectivity index is 1.57. The van der Waals surface area contributed by atoms with Gasteiger partial charge in [0.2, 0.25) is 0 Å². The molecule has 3 aromatic rings. The fraction of sp³-hybridized carbons (Fsp3) is 0.333. The van der Waals surface area contributed by atoms with Crippen LogP contribution >= 0.6 is 0 Å². The molecule has 1 N–H and O–H groups in total. The number of H-pyrrole nitrogens is 1. The first-order valence-corrected chi connectivity index (χ1v) is 8.42. The SMILES string of the molecule is CCN1Cc2[nH]c(-c3cnn(Cc4cccc(F)c4)c3)nc2N(C)C1. The zero-order chi connectivity index (χ0) is 17.4. The fourth-order valence-electron chi connectivity index (χ4n) is 3.21. The number of hydrogen-bond donors (Lipinski definition) is 1. The van der Waals surface area contributed by atoms with Crippen molar-refractivity contribution < 1.29 is 4.39 Å². The van der Waals surface area contributed by atoms with E-state index in [-0.39, 0.29) is 5.82 Å². The normalized spacial score (nSPS) is 14.8. The largest absolute Gasteiger partial charge is 0.345 e. The summed E-state index contributed by atoms with van der Waals surface area (Å²) in [5, 5.41) is 4.38. The summed E-state index contributed by atoms with van der Waals surface area (Å²) in [4.78, 5) is 12.7. The van der Waals surface area contributed by atoms with E-state index < -0.39 is 0 Å². The number of benzene rings is 1. The van der Waals surface area contributed by atoms with Gasteiger partial charge < -0.3 is 9.88 Å². The second kappa shape index (κ2) is 6.33. The van der Waals surface area contributed by atoms with Crippen LogP contribution in [0, 0.1) is 5.82 Å². The first-order valence-electron chi connectivity index (χ1n) is 8.42. The van der Waals surface area contributed by atoms with Crippen LogP contribution in [0.5, 0.6) is 0 Å². The van der Waals surface area contributed by atoms with E-state index in [4.69, 9.17) is 4.98 Å². The predicted octanol–water partition coefficient (Wildman–Crippen LogP) is 2.69. The first-order chi connectivity index (χ1) is 12.1. The fourth-order valence-corrected chi connectivity index (χ4v) is 3.21. The third kappa shape index (κ3) is 3.15. The molecule has 0 aliphatic carbocycles. The zero-order valence-electron chi connectivity index (χ0n) is 14.4. The molecule has 0 unspecified atom stereocenters. The highest BCUT2D eigenvalue weighted by Gasteiger charge is 2.23. The highest BCUT2D eigenvalue weighted by molar-refractivity contribution is 5.59. The van der Waals surface area contributed by atoms with Gasteiger partial charge in [0.15, 0.2) is 5.82 Å². The van der Waals surface area contributed by atoms with Gasteiger partial charge in [-0.25, -0.2) is 9.37 Å². The van der Waals surface area contributed by atoms with E-state index in [0.717, 1.165) is 48.2 Å². The molecule has 4 rings (SSSR count). The number of hydrogen-bond acceptors (Lipinski definition) is 4. The Kier molecular flexibility index (Phi) is 4.01. The lowest BCUT2D eigenvalue weighted by molar-refractivity contribution is 0.267. The van der Waals surface area contributed by atoms with Crippen LogP contribution < -0.4 is 4.90 Å². The molecule has 0 saturated carbocycles. The maximum atomic E-state index is 13.3. The molecule has 130 valence electrons. The highest BCUT2D eigenvalue weighted by Crippen LogP contribution is 2.27. The van der Waals surface area contributed by atoms with E-state index in [1.807, 2.05) is 12.3 Å². The summed E-state index contributed by atoms with van der Waals surface area (Å²) >= 11 is 0. The number of aromatic nitrogens is 4. The molecule has 7 heteroatoms. The van der Waals surface area contributed by atoms with Crippen molar-refractivity contribution in [2.75, 3.05) is 25.2 Å². The van der Waals surface area contributed by atoms with Crippen molar-refractivity contribution in [3.63, 3.8) is 0 Å². The quantitative estimate of drug-likeness (QED) is 0.793. The maximum Gasteiger partial charge on any atom is 0.152 e. The van der Waals surface area contributed by atoms with Gasteiger partial charge in [-0.3, -0.25) is 9.58 Å². The highest BCUT2D eigenvalue weighted by atomic mass is 19.1. The molecule has 0 radical (unpaired) electrons. The molecule has 0 saturated heterocycles. The Hall–Kier alpha value is -2.67. The monoisotopic (exact) mass is 340 g/mol. The van der Waals surface area contributed by atoms with Crippen molar-refractivity contribution in [1.29, 1.82) is 0 Å². The number of nitrogens with zero attached hydrogens (tertiary/aromatic N) is 5. The van der Waals surface area contributed by atoms with Crippen LogP contribution in [-0.4, -0.2) is 44.9 Å². The van der Waals surface area contributed by atoms with Crippen molar-refractivity contribution in [3.05, 3.63) is 53.7 Å². The molecule has 0 bridgehead atoms. The Labute approximate surface area is 145 Å². The number of rotatable bonds is 4. The van der Waals surface area contributed by atoms with Gasteiger partial charge in [-0.2, -0.15) is 5.10 Å². The molecule has 0 atom stereocenters. The van der Waals surface area contributed by atoms with E-state index in [1.165, 1.54) is 12.1 Å². The Bertz CT molecular complexity index is 883. The van der Waals surface area contributed by atoms with Crippen LogP contribution in [0.1, 0.15) is 18.2 Å². The first kappa shape index (κ1) is 15.8. The van der Waals surface area contributed by atoms with E-state index >= 15 is 0 Å². The van der Waals surface area contributed by atoms with Gasteiger partial charge in [0.05, 0.1) is 30.7 Å². The molecule has 0 fully saturated rings. The van der Waals surface area contributed by atoms with Crippen LogP contribution in [0.4, 0.5) is 10.2 Å². The lowest BCUT2D eigenvalue weighted by Crippen LogP contribution is -2.39. The number of anilines is 1. The van der Waals surface area contributed by atoms with Gasteiger partial charge >= 0.3 is 0 Å². The van der Waals surface area contributed by atoms with Gasteiger partial charge in [-0.15, -0.1) is 0 Å². The van der Waals surface area contributed by atoms with Crippen LogP contribution in [0.3, 0.4) is 0 Å². The minimum atomic E-state index is -0.230. The lowest BCUT2D eigenvalue weighted by Gasteiger charge is -2.32. The van der Waals surface area contributed by atoms with Crippen molar-refractivity contribution in [1.82, 2.24) is 24.6 Å². The predicted molar refractivity (Wildman–Crippen MR) is 94.7 cm³/mol. The molecule has 1 aliphatic heterocycles. The number of halogens is 1. The summed E-state index contributed by atoms with van der Waals surface area (Å²) in [6, 6.07) is 6.58. The van der Waals surface area contributed by atoms with Crippen LogP contribution in [0.2, 0.25) is 0 Å². The third-order valence-electron chi connectivity index (χ3n) is 4.50. The number of aromatic amines is 1. The molecular formula is C18H21FN6. The van der Waals surface area contributed by atoms with Crippen molar-refractivity contribution >= 4 is 5.82 Å². The standard InChI is InChI=1S/C18H21FN6/c1-3-24-11-16-18(23(2)12-24)22-17(21-16)14-8-20-25(10-14)9-13-5-4-6-15(19)7-13/h4-8,10H,3,9,11-12H2,1-2H3,(H,21,22). The number of fused-ring (bicyclic) bond motifs is 1. The minimum absolute atomic E-state index is 0.230.